The van der Waals surface area contributed by atoms with Crippen LogP contribution in [0.2, 0.25) is 0 Å². The Morgan fingerprint density at radius 3 is 2.12 bits per heavy atom. The molecular weight excluding hydrogens is 406 g/mol. The molecule has 0 saturated carbocycles. The van der Waals surface area contributed by atoms with Crippen molar-refractivity contribution in [2.75, 3.05) is 12.0 Å². The minimum Gasteiger partial charge on any atom is -0.497 e. The van der Waals surface area contributed by atoms with Gasteiger partial charge in [0.25, 0.3) is 0 Å². The van der Waals surface area contributed by atoms with E-state index in [0.29, 0.717) is 0 Å². The fourth-order valence-electron chi connectivity index (χ4n) is 4.93. The SMILES string of the molecule is COc1ccc(N2C(=O)[C@H](C(=C(C)C)c3ccc4ccccc4c3)[C@@H]2c2ccccc2)cc1. The molecule has 3 nitrogen and oxygen atoms in total. The van der Waals surface area contributed by atoms with Crippen molar-refractivity contribution in [2.24, 2.45) is 5.92 Å². The average molecular weight is 434 g/mol. The van der Waals surface area contributed by atoms with Gasteiger partial charge in [-0.05, 0) is 71.7 Å². The summed E-state index contributed by atoms with van der Waals surface area (Å²) >= 11 is 0. The number of methoxy groups -OCH3 is 1. The van der Waals surface area contributed by atoms with Crippen molar-refractivity contribution < 1.29 is 9.53 Å². The third kappa shape index (κ3) is 3.70. The highest BCUT2D eigenvalue weighted by Gasteiger charge is 2.51. The number of carbonyl (C=O) groups is 1. The molecule has 2 atom stereocenters. The van der Waals surface area contributed by atoms with Crippen LogP contribution in [0.5, 0.6) is 5.75 Å². The maximum Gasteiger partial charge on any atom is 0.237 e. The molecule has 1 saturated heterocycles. The second-order valence-electron chi connectivity index (χ2n) is 8.72. The first-order valence-corrected chi connectivity index (χ1v) is 11.3. The highest BCUT2D eigenvalue weighted by atomic mass is 16.5. The lowest BCUT2D eigenvalue weighted by Crippen LogP contribution is -2.55. The van der Waals surface area contributed by atoms with Crippen LogP contribution in [0.1, 0.15) is 31.0 Å². The number of nitrogens with zero attached hydrogens (tertiary/aromatic N) is 1. The second-order valence-corrected chi connectivity index (χ2v) is 8.72. The molecule has 0 aromatic heterocycles. The van der Waals surface area contributed by atoms with Crippen LogP contribution in [0, 0.1) is 5.92 Å². The van der Waals surface area contributed by atoms with Gasteiger partial charge < -0.3 is 9.64 Å². The first-order valence-electron chi connectivity index (χ1n) is 11.3. The summed E-state index contributed by atoms with van der Waals surface area (Å²) in [6, 6.07) is 32.9. The number of hydrogen-bond acceptors (Lipinski definition) is 2. The van der Waals surface area contributed by atoms with Crippen LogP contribution < -0.4 is 9.64 Å². The lowest BCUT2D eigenvalue weighted by atomic mass is 9.73. The number of amides is 1. The standard InChI is InChI=1S/C30H27NO2/c1-20(2)27(24-14-13-21-9-7-8-12-23(21)19-24)28-29(22-10-5-4-6-11-22)31(30(28)32)25-15-17-26(33-3)18-16-25/h4-19,28-29H,1-3H3/t28-,29+/m1/s1. The molecule has 4 aromatic carbocycles. The topological polar surface area (TPSA) is 29.5 Å². The van der Waals surface area contributed by atoms with E-state index >= 15 is 0 Å². The third-order valence-electron chi connectivity index (χ3n) is 6.50. The van der Waals surface area contributed by atoms with E-state index in [1.54, 1.807) is 7.11 Å². The number of allylic oxidation sites excluding steroid dienone is 1. The molecule has 0 radical (unpaired) electrons. The fraction of sp³-hybridized carbons (Fsp3) is 0.167. The molecule has 1 aliphatic rings. The van der Waals surface area contributed by atoms with E-state index in [-0.39, 0.29) is 17.9 Å². The predicted molar refractivity (Wildman–Crippen MR) is 135 cm³/mol. The van der Waals surface area contributed by atoms with Crippen molar-refractivity contribution in [1.29, 1.82) is 0 Å². The maximum absolute atomic E-state index is 13.7. The summed E-state index contributed by atoms with van der Waals surface area (Å²) in [5, 5.41) is 2.39. The zero-order valence-electron chi connectivity index (χ0n) is 19.2. The molecule has 164 valence electrons. The highest BCUT2D eigenvalue weighted by molar-refractivity contribution is 6.11. The van der Waals surface area contributed by atoms with Crippen LogP contribution >= 0.6 is 0 Å². The molecule has 4 aromatic rings. The first kappa shape index (κ1) is 21.0. The summed E-state index contributed by atoms with van der Waals surface area (Å²) in [4.78, 5) is 15.7. The second kappa shape index (κ2) is 8.59. The number of carbonyl (C=O) groups excluding carboxylic acids is 1. The van der Waals surface area contributed by atoms with Gasteiger partial charge in [0.1, 0.15) is 5.75 Å². The van der Waals surface area contributed by atoms with Gasteiger partial charge in [0.2, 0.25) is 5.91 Å². The Kier molecular flexibility index (Phi) is 5.47. The summed E-state index contributed by atoms with van der Waals surface area (Å²) < 4.78 is 5.31. The summed E-state index contributed by atoms with van der Waals surface area (Å²) in [6.45, 7) is 4.21. The molecule has 0 spiro atoms. The molecule has 3 heteroatoms. The number of rotatable bonds is 5. The van der Waals surface area contributed by atoms with Gasteiger partial charge in [0.15, 0.2) is 0 Å². The van der Waals surface area contributed by atoms with Crippen LogP contribution in [0.4, 0.5) is 5.69 Å². The fourth-order valence-corrected chi connectivity index (χ4v) is 4.93. The zero-order chi connectivity index (χ0) is 22.9. The molecule has 0 bridgehead atoms. The van der Waals surface area contributed by atoms with Crippen molar-refractivity contribution in [3.8, 4) is 5.75 Å². The van der Waals surface area contributed by atoms with Crippen molar-refractivity contribution in [3.05, 3.63) is 114 Å². The minimum absolute atomic E-state index is 0.0662. The molecule has 1 aliphatic heterocycles. The maximum atomic E-state index is 13.7. The van der Waals surface area contributed by atoms with Gasteiger partial charge in [-0.1, -0.05) is 72.3 Å². The molecule has 1 heterocycles. The van der Waals surface area contributed by atoms with E-state index in [1.165, 1.54) is 16.3 Å². The van der Waals surface area contributed by atoms with Crippen LogP contribution in [0.3, 0.4) is 0 Å². The molecular formula is C30H27NO2. The third-order valence-corrected chi connectivity index (χ3v) is 6.50. The Bertz CT molecular complexity index is 1330. The predicted octanol–water partition coefficient (Wildman–Crippen LogP) is 7.05. The van der Waals surface area contributed by atoms with Gasteiger partial charge in [0, 0.05) is 5.69 Å². The van der Waals surface area contributed by atoms with Gasteiger partial charge in [-0.2, -0.15) is 0 Å². The van der Waals surface area contributed by atoms with E-state index in [4.69, 9.17) is 4.74 Å². The lowest BCUT2D eigenvalue weighted by Gasteiger charge is -2.49. The molecule has 1 amide bonds. The Hall–Kier alpha value is -3.85. The molecule has 0 unspecified atom stereocenters. The van der Waals surface area contributed by atoms with Crippen LogP contribution in [-0.4, -0.2) is 13.0 Å². The Morgan fingerprint density at radius 1 is 0.788 bits per heavy atom. The Labute approximate surface area is 194 Å². The minimum atomic E-state index is -0.235. The quantitative estimate of drug-likeness (QED) is 0.316. The average Bonchev–Trinajstić information content (AvgIpc) is 2.85. The van der Waals surface area contributed by atoms with Crippen molar-refractivity contribution >= 4 is 27.9 Å². The number of hydrogen-bond donors (Lipinski definition) is 0. The zero-order valence-corrected chi connectivity index (χ0v) is 19.2. The summed E-state index contributed by atoms with van der Waals surface area (Å²) in [5.74, 6) is 0.666. The van der Waals surface area contributed by atoms with Crippen molar-refractivity contribution in [1.82, 2.24) is 0 Å². The lowest BCUT2D eigenvalue weighted by molar-refractivity contribution is -0.127. The van der Waals surface area contributed by atoms with Gasteiger partial charge in [0.05, 0.1) is 19.1 Å². The smallest absolute Gasteiger partial charge is 0.237 e. The van der Waals surface area contributed by atoms with E-state index in [9.17, 15) is 4.79 Å². The molecule has 1 fully saturated rings. The largest absolute Gasteiger partial charge is 0.497 e. The number of benzene rings is 4. The number of β-lactam (4-membered cyclic amide) rings is 1. The Balaban J connectivity index is 1.61. The van der Waals surface area contributed by atoms with Gasteiger partial charge in [-0.25, -0.2) is 0 Å². The van der Waals surface area contributed by atoms with Crippen LogP contribution in [0.25, 0.3) is 16.3 Å². The van der Waals surface area contributed by atoms with Crippen LogP contribution in [0.15, 0.2) is 103 Å². The number of anilines is 1. The normalized spacial score (nSPS) is 17.5. The summed E-state index contributed by atoms with van der Waals surface area (Å²) in [6.07, 6.45) is 0. The monoisotopic (exact) mass is 433 g/mol. The van der Waals surface area contributed by atoms with Gasteiger partial charge in [-0.15, -0.1) is 0 Å². The molecule has 0 aliphatic carbocycles. The van der Waals surface area contributed by atoms with Gasteiger partial charge >= 0.3 is 0 Å². The van der Waals surface area contributed by atoms with Crippen LogP contribution in [-0.2, 0) is 4.79 Å². The van der Waals surface area contributed by atoms with Crippen molar-refractivity contribution in [3.63, 3.8) is 0 Å². The van der Waals surface area contributed by atoms with E-state index < -0.39 is 0 Å². The van der Waals surface area contributed by atoms with E-state index in [1.807, 2.05) is 47.4 Å². The van der Waals surface area contributed by atoms with Gasteiger partial charge in [-0.3, -0.25) is 4.79 Å². The summed E-state index contributed by atoms with van der Waals surface area (Å²) in [5.41, 5.74) is 5.42. The molecule has 33 heavy (non-hydrogen) atoms. The first-order chi connectivity index (χ1) is 16.1. The highest BCUT2D eigenvalue weighted by Crippen LogP contribution is 2.50. The van der Waals surface area contributed by atoms with Crippen molar-refractivity contribution in [2.45, 2.75) is 19.9 Å². The van der Waals surface area contributed by atoms with E-state index in [2.05, 4.69) is 68.4 Å². The number of fused-ring (bicyclic) bond motifs is 1. The molecule has 5 rings (SSSR count). The number of ether oxygens (including phenoxy) is 1. The van der Waals surface area contributed by atoms with E-state index in [0.717, 1.165) is 28.1 Å². The Morgan fingerprint density at radius 2 is 1.45 bits per heavy atom. The molecule has 0 N–H and O–H groups in total. The summed E-state index contributed by atoms with van der Waals surface area (Å²) in [7, 11) is 1.65.